The minimum Gasteiger partial charge on any atom is -0.328 e. The number of halogens is 2. The number of aromatic nitrogens is 4. The Hall–Kier alpha value is -2.94. The molecule has 3 N–H and O–H groups in total. The summed E-state index contributed by atoms with van der Waals surface area (Å²) >= 11 is 0. The van der Waals surface area contributed by atoms with Crippen molar-refractivity contribution >= 4 is 22.9 Å². The second kappa shape index (κ2) is 8.30. The molecule has 164 valence electrons. The van der Waals surface area contributed by atoms with Gasteiger partial charge in [-0.15, -0.1) is 0 Å². The molecule has 1 saturated carbocycles. The third kappa shape index (κ3) is 4.14. The maximum absolute atomic E-state index is 14.8. The van der Waals surface area contributed by atoms with Gasteiger partial charge in [-0.1, -0.05) is 6.42 Å². The van der Waals surface area contributed by atoms with Crippen LogP contribution in [0.4, 0.5) is 14.7 Å². The predicted octanol–water partition coefficient (Wildman–Crippen LogP) is 4.12. The molecule has 0 aliphatic heterocycles. The third-order valence-corrected chi connectivity index (χ3v) is 5.78. The Labute approximate surface area is 179 Å². The Morgan fingerprint density at radius 3 is 2.71 bits per heavy atom. The second-order valence-corrected chi connectivity index (χ2v) is 8.45. The molecule has 2 atom stereocenters. The largest absolute Gasteiger partial charge is 0.328 e. The van der Waals surface area contributed by atoms with Crippen molar-refractivity contribution in [2.75, 3.05) is 5.32 Å². The Morgan fingerprint density at radius 2 is 2.00 bits per heavy atom. The minimum atomic E-state index is -0.705. The number of hydrogen-bond acceptors (Lipinski definition) is 5. The van der Waals surface area contributed by atoms with Crippen LogP contribution in [0.5, 0.6) is 0 Å². The van der Waals surface area contributed by atoms with Gasteiger partial charge < -0.3 is 10.3 Å². The number of benzene rings is 1. The van der Waals surface area contributed by atoms with Crippen molar-refractivity contribution in [3.05, 3.63) is 35.8 Å². The Balaban J connectivity index is 1.69. The molecule has 0 radical (unpaired) electrons. The first-order chi connectivity index (χ1) is 14.7. The van der Waals surface area contributed by atoms with Crippen molar-refractivity contribution in [2.45, 2.75) is 58.5 Å². The van der Waals surface area contributed by atoms with E-state index in [1.807, 2.05) is 18.4 Å². The highest BCUT2D eigenvalue weighted by Crippen LogP contribution is 2.30. The Bertz CT molecular complexity index is 1140. The van der Waals surface area contributed by atoms with Crippen LogP contribution in [0.25, 0.3) is 22.3 Å². The Kier molecular flexibility index (Phi) is 5.70. The maximum Gasteiger partial charge on any atom is 0.230 e. The molecule has 0 saturated heterocycles. The fourth-order valence-corrected chi connectivity index (χ4v) is 4.37. The molecule has 1 aliphatic rings. The monoisotopic (exact) mass is 428 g/mol. The third-order valence-electron chi connectivity index (χ3n) is 5.78. The fourth-order valence-electron chi connectivity index (χ4n) is 4.37. The molecule has 4 rings (SSSR count). The van der Waals surface area contributed by atoms with Gasteiger partial charge in [0.15, 0.2) is 11.6 Å². The normalized spacial score (nSPS) is 19.2. The summed E-state index contributed by atoms with van der Waals surface area (Å²) in [5.74, 6) is -1.07. The first kappa shape index (κ1) is 21.3. The van der Waals surface area contributed by atoms with Gasteiger partial charge in [0, 0.05) is 23.6 Å². The van der Waals surface area contributed by atoms with Crippen molar-refractivity contribution in [1.82, 2.24) is 19.5 Å². The van der Waals surface area contributed by atoms with Crippen molar-refractivity contribution in [3.8, 4) is 11.3 Å². The molecule has 0 bridgehead atoms. The van der Waals surface area contributed by atoms with E-state index in [4.69, 9.17) is 5.73 Å². The van der Waals surface area contributed by atoms with Gasteiger partial charge in [0.2, 0.25) is 11.9 Å². The number of nitrogens with zero attached hydrogens (tertiary/aromatic N) is 4. The lowest BCUT2D eigenvalue weighted by Crippen LogP contribution is -2.34. The summed E-state index contributed by atoms with van der Waals surface area (Å²) in [6.45, 7) is 5.73. The van der Waals surface area contributed by atoms with E-state index < -0.39 is 11.6 Å². The number of rotatable bonds is 4. The summed E-state index contributed by atoms with van der Waals surface area (Å²) in [6, 6.07) is 2.91. The van der Waals surface area contributed by atoms with Gasteiger partial charge >= 0.3 is 0 Å². The van der Waals surface area contributed by atoms with E-state index in [-0.39, 0.29) is 46.6 Å². The number of hydrogen-bond donors (Lipinski definition) is 2. The lowest BCUT2D eigenvalue weighted by atomic mass is 9.85. The highest BCUT2D eigenvalue weighted by molar-refractivity contribution is 5.91. The van der Waals surface area contributed by atoms with Gasteiger partial charge in [-0.25, -0.2) is 23.7 Å². The molecular formula is C22H26F2N6O. The smallest absolute Gasteiger partial charge is 0.230 e. The number of fused-ring (bicyclic) bond motifs is 1. The first-order valence-electron chi connectivity index (χ1n) is 10.5. The molecule has 3 aromatic rings. The number of nitrogens with two attached hydrogens (primary N) is 1. The van der Waals surface area contributed by atoms with E-state index in [2.05, 4.69) is 20.3 Å². The molecule has 1 aromatic carbocycles. The molecule has 0 spiro atoms. The van der Waals surface area contributed by atoms with Crippen LogP contribution >= 0.6 is 0 Å². The van der Waals surface area contributed by atoms with Gasteiger partial charge in [0.1, 0.15) is 17.0 Å². The van der Waals surface area contributed by atoms with E-state index in [1.54, 1.807) is 13.0 Å². The zero-order chi connectivity index (χ0) is 22.3. The van der Waals surface area contributed by atoms with Gasteiger partial charge in [-0.05, 0) is 52.2 Å². The molecule has 2 aromatic heterocycles. The van der Waals surface area contributed by atoms with E-state index in [0.717, 1.165) is 25.5 Å². The van der Waals surface area contributed by atoms with Crippen molar-refractivity contribution in [1.29, 1.82) is 0 Å². The topological polar surface area (TPSA) is 98.7 Å². The highest BCUT2D eigenvalue weighted by atomic mass is 19.1. The molecule has 2 unspecified atom stereocenters. The molecule has 7 nitrogen and oxygen atoms in total. The summed E-state index contributed by atoms with van der Waals surface area (Å²) in [7, 11) is 0. The molecule has 9 heteroatoms. The molecule has 1 aliphatic carbocycles. The molecule has 31 heavy (non-hydrogen) atoms. The lowest BCUT2D eigenvalue weighted by Gasteiger charge is -2.25. The second-order valence-electron chi connectivity index (χ2n) is 8.45. The van der Waals surface area contributed by atoms with Crippen LogP contribution in [0.15, 0.2) is 18.3 Å². The number of carbonyl (C=O) groups excluding carboxylic acids is 1. The average Bonchev–Trinajstić information content (AvgIpc) is 3.06. The van der Waals surface area contributed by atoms with Crippen LogP contribution in [0, 0.1) is 24.5 Å². The first-order valence-corrected chi connectivity index (χ1v) is 10.5. The van der Waals surface area contributed by atoms with E-state index in [1.165, 1.54) is 6.07 Å². The minimum absolute atomic E-state index is 0.00170. The van der Waals surface area contributed by atoms with Gasteiger partial charge in [-0.2, -0.15) is 0 Å². The van der Waals surface area contributed by atoms with Crippen LogP contribution in [0.1, 0.15) is 51.4 Å². The standard InChI is InChI=1S/C22H26F2N6O/c1-11(2)30-12(3)27-20-16(23)8-14(9-18(20)30)19-17(24)10-26-22(28-19)29-21(31)13-5-4-6-15(25)7-13/h8-11,13,15H,4-7,25H2,1-3H3,(H,26,28,29,31). The SMILES string of the molecule is Cc1nc2c(F)cc(-c3nc(NC(=O)C4CCCC(N)C4)ncc3F)cc2n1C(C)C. The van der Waals surface area contributed by atoms with Crippen molar-refractivity contribution in [2.24, 2.45) is 11.7 Å². The van der Waals surface area contributed by atoms with E-state index in [9.17, 15) is 13.6 Å². The van der Waals surface area contributed by atoms with Crippen LogP contribution in [-0.2, 0) is 4.79 Å². The van der Waals surface area contributed by atoms with Crippen molar-refractivity contribution < 1.29 is 13.6 Å². The number of aryl methyl sites for hydroxylation is 1. The molecule has 2 heterocycles. The van der Waals surface area contributed by atoms with E-state index in [0.29, 0.717) is 17.8 Å². The fraction of sp³-hybridized carbons (Fsp3) is 0.455. The van der Waals surface area contributed by atoms with Crippen LogP contribution in [-0.4, -0.2) is 31.5 Å². The zero-order valence-corrected chi connectivity index (χ0v) is 17.8. The van der Waals surface area contributed by atoms with Crippen LogP contribution in [0.2, 0.25) is 0 Å². The van der Waals surface area contributed by atoms with Gasteiger partial charge in [0.05, 0.1) is 11.7 Å². The zero-order valence-electron chi connectivity index (χ0n) is 17.8. The summed E-state index contributed by atoms with van der Waals surface area (Å²) in [5, 5.41) is 2.66. The number of amides is 1. The van der Waals surface area contributed by atoms with E-state index >= 15 is 0 Å². The number of carbonyl (C=O) groups is 1. The molecule has 1 amide bonds. The summed E-state index contributed by atoms with van der Waals surface area (Å²) in [4.78, 5) is 25.0. The summed E-state index contributed by atoms with van der Waals surface area (Å²) < 4.78 is 31.3. The molecular weight excluding hydrogens is 402 g/mol. The van der Waals surface area contributed by atoms with Crippen molar-refractivity contribution in [3.63, 3.8) is 0 Å². The summed E-state index contributed by atoms with van der Waals surface area (Å²) in [5.41, 5.74) is 6.92. The number of anilines is 1. The average molecular weight is 428 g/mol. The quantitative estimate of drug-likeness (QED) is 0.651. The molecule has 1 fully saturated rings. The number of imidazole rings is 1. The summed E-state index contributed by atoms with van der Waals surface area (Å²) in [6.07, 6.45) is 4.12. The van der Waals surface area contributed by atoms with Crippen LogP contribution < -0.4 is 11.1 Å². The highest BCUT2D eigenvalue weighted by Gasteiger charge is 2.26. The predicted molar refractivity (Wildman–Crippen MR) is 114 cm³/mol. The van der Waals surface area contributed by atoms with Gasteiger partial charge in [-0.3, -0.25) is 10.1 Å². The van der Waals surface area contributed by atoms with Crippen LogP contribution in [0.3, 0.4) is 0 Å². The Morgan fingerprint density at radius 1 is 1.23 bits per heavy atom. The number of nitrogens with one attached hydrogen (secondary N) is 1. The lowest BCUT2D eigenvalue weighted by molar-refractivity contribution is -0.120. The van der Waals surface area contributed by atoms with Gasteiger partial charge in [0.25, 0.3) is 0 Å². The maximum atomic E-state index is 14.8.